The summed E-state index contributed by atoms with van der Waals surface area (Å²) in [5.74, 6) is -4.63. The number of aryl methyl sites for hydroxylation is 1. The summed E-state index contributed by atoms with van der Waals surface area (Å²) in [5, 5.41) is 11.6. The number of carbonyl (C=O) groups excluding carboxylic acids is 1. The summed E-state index contributed by atoms with van der Waals surface area (Å²) < 4.78 is 43.4. The zero-order valence-corrected chi connectivity index (χ0v) is 28.4. The molecule has 15 heteroatoms. The molecular formula is C35H38ClF2N7O5. The zero-order chi connectivity index (χ0) is 35.6. The lowest BCUT2D eigenvalue weighted by molar-refractivity contribution is -0.223. The predicted molar refractivity (Wildman–Crippen MR) is 181 cm³/mol. The number of piperidine rings is 2. The molecule has 3 N–H and O–H groups in total. The van der Waals surface area contributed by atoms with Crippen LogP contribution in [0.5, 0.6) is 17.4 Å². The van der Waals surface area contributed by atoms with E-state index < -0.39 is 54.1 Å². The molecule has 4 heterocycles. The van der Waals surface area contributed by atoms with E-state index in [9.17, 15) is 14.7 Å². The number of hydrogen-bond acceptors (Lipinski definition) is 10. The lowest BCUT2D eigenvalue weighted by Gasteiger charge is -2.46. The summed E-state index contributed by atoms with van der Waals surface area (Å²) in [6, 6.07) is 14.1. The Morgan fingerprint density at radius 1 is 1.12 bits per heavy atom. The van der Waals surface area contributed by atoms with Crippen molar-refractivity contribution in [3.63, 3.8) is 0 Å². The summed E-state index contributed by atoms with van der Waals surface area (Å²) in [6.07, 6.45) is 4.43. The summed E-state index contributed by atoms with van der Waals surface area (Å²) in [7, 11) is 1.43. The second kappa shape index (κ2) is 14.3. The first-order valence-corrected chi connectivity index (χ1v) is 16.6. The largest absolute Gasteiger partial charge is 0.495 e. The Bertz CT molecular complexity index is 1900. The SMILES string of the molecule is COc1cc(Oc2ncn(C[C@@]3(O)CCN(C(=O)[C@@H]4CCN(Cc5cnc(C)cn5)C[C@H]4c4ccccc4)CC3(F)F)c(=O)c2N)ccc1Cl. The van der Waals surface area contributed by atoms with Crippen molar-refractivity contribution in [1.29, 1.82) is 0 Å². The molecule has 3 atom stereocenters. The zero-order valence-electron chi connectivity index (χ0n) is 27.6. The lowest BCUT2D eigenvalue weighted by Crippen LogP contribution is -2.64. The molecule has 0 aliphatic carbocycles. The van der Waals surface area contributed by atoms with E-state index in [4.69, 9.17) is 26.8 Å². The number of hydrogen-bond donors (Lipinski definition) is 2. The standard InChI is InChI=1S/C35H38ClF2N7O5/c1-22-15-41-24(16-40-22)17-43-12-10-26(27(18-43)23-6-4-3-5-7-23)32(46)44-13-11-34(48,35(37,38)20-44)19-45-21-42-31(30(39)33(45)47)50-25-8-9-28(36)29(14-25)49-2/h3-9,14-16,21,26-27,48H,10-13,17-20,39H2,1-2H3/t26-,27+,34+/m1/s1. The van der Waals surface area contributed by atoms with Crippen LogP contribution in [0.1, 0.15) is 35.7 Å². The molecule has 264 valence electrons. The molecule has 2 saturated heterocycles. The van der Waals surface area contributed by atoms with Gasteiger partial charge < -0.3 is 25.2 Å². The van der Waals surface area contributed by atoms with Crippen LogP contribution in [-0.2, 0) is 17.9 Å². The summed E-state index contributed by atoms with van der Waals surface area (Å²) in [6.45, 7) is 1.61. The minimum Gasteiger partial charge on any atom is -0.495 e. The number of nitrogens with two attached hydrogens (primary N) is 1. The highest BCUT2D eigenvalue weighted by molar-refractivity contribution is 6.32. The number of nitrogen functional groups attached to an aromatic ring is 1. The molecule has 2 aromatic heterocycles. The third kappa shape index (κ3) is 7.28. The minimum absolute atomic E-state index is 0.122. The quantitative estimate of drug-likeness (QED) is 0.258. The number of ether oxygens (including phenoxy) is 2. The van der Waals surface area contributed by atoms with E-state index in [1.807, 2.05) is 37.3 Å². The van der Waals surface area contributed by atoms with Crippen molar-refractivity contribution < 1.29 is 28.2 Å². The highest BCUT2D eigenvalue weighted by Gasteiger charge is 2.57. The summed E-state index contributed by atoms with van der Waals surface area (Å²) in [4.78, 5) is 43.3. The molecule has 1 amide bonds. The van der Waals surface area contributed by atoms with Gasteiger partial charge in [0.05, 0.1) is 36.6 Å². The Morgan fingerprint density at radius 3 is 2.60 bits per heavy atom. The normalized spacial score (nSPS) is 22.2. The van der Waals surface area contributed by atoms with Gasteiger partial charge in [0.1, 0.15) is 23.4 Å². The number of halogens is 3. The molecule has 2 fully saturated rings. The number of likely N-dealkylation sites (tertiary alicyclic amines) is 2. The fraction of sp³-hybridized carbons (Fsp3) is 0.400. The Morgan fingerprint density at radius 2 is 1.90 bits per heavy atom. The number of rotatable bonds is 9. The van der Waals surface area contributed by atoms with E-state index in [0.29, 0.717) is 36.8 Å². The van der Waals surface area contributed by atoms with Gasteiger partial charge in [0.15, 0.2) is 5.69 Å². The number of aliphatic hydroxyl groups is 1. The topological polar surface area (TPSA) is 149 Å². The first-order chi connectivity index (χ1) is 23.9. The molecular weight excluding hydrogens is 672 g/mol. The average Bonchev–Trinajstić information content (AvgIpc) is 3.11. The minimum atomic E-state index is -3.75. The maximum absolute atomic E-state index is 15.9. The van der Waals surface area contributed by atoms with Crippen LogP contribution in [-0.4, -0.2) is 85.1 Å². The number of methoxy groups -OCH3 is 1. The molecule has 0 bridgehead atoms. The second-order valence-electron chi connectivity index (χ2n) is 12.8. The van der Waals surface area contributed by atoms with Gasteiger partial charge in [-0.05, 0) is 37.6 Å². The monoisotopic (exact) mass is 709 g/mol. The number of aromatic nitrogens is 4. The second-order valence-corrected chi connectivity index (χ2v) is 13.2. The fourth-order valence-corrected chi connectivity index (χ4v) is 6.79. The number of alkyl halides is 2. The van der Waals surface area contributed by atoms with Gasteiger partial charge in [0.2, 0.25) is 11.8 Å². The van der Waals surface area contributed by atoms with Gasteiger partial charge in [-0.15, -0.1) is 0 Å². The molecule has 50 heavy (non-hydrogen) atoms. The van der Waals surface area contributed by atoms with Gasteiger partial charge in [0.25, 0.3) is 11.5 Å². The number of carbonyl (C=O) groups is 1. The molecule has 0 unspecified atom stereocenters. The highest BCUT2D eigenvalue weighted by atomic mass is 35.5. The van der Waals surface area contributed by atoms with Crippen LogP contribution in [0, 0.1) is 12.8 Å². The number of benzene rings is 2. The van der Waals surface area contributed by atoms with Crippen molar-refractivity contribution in [3.05, 3.63) is 99.6 Å². The molecule has 2 aliphatic heterocycles. The van der Waals surface area contributed by atoms with Crippen molar-refractivity contribution in [2.45, 2.75) is 50.3 Å². The Kier molecular flexibility index (Phi) is 10.1. The van der Waals surface area contributed by atoms with E-state index in [-0.39, 0.29) is 24.1 Å². The molecule has 0 spiro atoms. The Hall–Kier alpha value is -4.66. The number of nitrogens with zero attached hydrogens (tertiary/aromatic N) is 6. The van der Waals surface area contributed by atoms with Gasteiger partial charge >= 0.3 is 0 Å². The Balaban J connectivity index is 1.15. The number of amides is 1. The molecule has 0 saturated carbocycles. The van der Waals surface area contributed by atoms with E-state index in [1.54, 1.807) is 12.4 Å². The van der Waals surface area contributed by atoms with E-state index in [1.165, 1.54) is 25.3 Å². The molecule has 12 nitrogen and oxygen atoms in total. The van der Waals surface area contributed by atoms with Crippen LogP contribution in [0.25, 0.3) is 0 Å². The van der Waals surface area contributed by atoms with E-state index in [0.717, 1.165) is 32.7 Å². The van der Waals surface area contributed by atoms with Gasteiger partial charge in [-0.3, -0.25) is 29.0 Å². The Labute approximate surface area is 292 Å². The average molecular weight is 710 g/mol. The summed E-state index contributed by atoms with van der Waals surface area (Å²) in [5.41, 5.74) is 4.62. The van der Waals surface area contributed by atoms with E-state index >= 15 is 8.78 Å². The fourth-order valence-electron chi connectivity index (χ4n) is 6.59. The molecule has 2 aromatic carbocycles. The van der Waals surface area contributed by atoms with Gasteiger partial charge in [-0.2, -0.15) is 0 Å². The number of anilines is 1. The first-order valence-electron chi connectivity index (χ1n) is 16.2. The molecule has 0 radical (unpaired) electrons. The lowest BCUT2D eigenvalue weighted by atomic mass is 9.78. The molecule has 6 rings (SSSR count). The summed E-state index contributed by atoms with van der Waals surface area (Å²) >= 11 is 6.05. The van der Waals surface area contributed by atoms with Crippen molar-refractivity contribution in [1.82, 2.24) is 29.3 Å². The van der Waals surface area contributed by atoms with Gasteiger partial charge in [0, 0.05) is 56.4 Å². The van der Waals surface area contributed by atoms with Crippen LogP contribution in [0.4, 0.5) is 14.5 Å². The third-order valence-electron chi connectivity index (χ3n) is 9.44. The molecule has 2 aliphatic rings. The van der Waals surface area contributed by atoms with Crippen LogP contribution >= 0.6 is 11.6 Å². The van der Waals surface area contributed by atoms with Crippen molar-refractivity contribution >= 4 is 23.2 Å². The van der Waals surface area contributed by atoms with Crippen LogP contribution in [0.15, 0.2) is 72.0 Å². The predicted octanol–water partition coefficient (Wildman–Crippen LogP) is 4.28. The first kappa shape index (κ1) is 35.2. The molecule has 4 aromatic rings. The van der Waals surface area contributed by atoms with Crippen molar-refractivity contribution in [3.8, 4) is 17.4 Å². The highest BCUT2D eigenvalue weighted by Crippen LogP contribution is 2.41. The van der Waals surface area contributed by atoms with Gasteiger partial charge in [-0.1, -0.05) is 41.9 Å². The smallest absolute Gasteiger partial charge is 0.295 e. The van der Waals surface area contributed by atoms with Crippen molar-refractivity contribution in [2.75, 3.05) is 39.0 Å². The van der Waals surface area contributed by atoms with Crippen LogP contribution < -0.4 is 20.8 Å². The van der Waals surface area contributed by atoms with Crippen LogP contribution in [0.2, 0.25) is 5.02 Å². The van der Waals surface area contributed by atoms with Crippen molar-refractivity contribution in [2.24, 2.45) is 5.92 Å². The van der Waals surface area contributed by atoms with E-state index in [2.05, 4.69) is 19.9 Å². The maximum Gasteiger partial charge on any atom is 0.295 e. The maximum atomic E-state index is 15.9. The van der Waals surface area contributed by atoms with Crippen LogP contribution in [0.3, 0.4) is 0 Å². The third-order valence-corrected chi connectivity index (χ3v) is 9.76. The van der Waals surface area contributed by atoms with Gasteiger partial charge in [-0.25, -0.2) is 13.8 Å².